The molecule has 1 aliphatic carbocycles. The van der Waals surface area contributed by atoms with E-state index in [1.807, 2.05) is 0 Å². The first-order chi connectivity index (χ1) is 12.0. The summed E-state index contributed by atoms with van der Waals surface area (Å²) >= 11 is 0. The second kappa shape index (κ2) is 13.0. The smallest absolute Gasteiger partial charge is 0.00415 e. The number of hydrogen-bond acceptors (Lipinski definition) is 1. The molecule has 1 nitrogen and oxygen atoms in total. The maximum Gasteiger partial charge on any atom is 0.00415 e. The Bertz CT molecular complexity index is 348. The van der Waals surface area contributed by atoms with Gasteiger partial charge in [0.25, 0.3) is 0 Å². The van der Waals surface area contributed by atoms with Crippen molar-refractivity contribution in [3.63, 3.8) is 0 Å². The fourth-order valence-corrected chi connectivity index (χ4v) is 5.01. The minimum atomic E-state index is 0.396. The molecule has 0 aromatic heterocycles. The Balaban J connectivity index is 2.55. The Kier molecular flexibility index (Phi) is 11.8. The molecule has 6 atom stereocenters. The SMILES string of the molecule is CCCCC(C(C)CC(N)CCC(C)CCC)C(C)C1C=CCCC1. The molecule has 25 heavy (non-hydrogen) atoms. The van der Waals surface area contributed by atoms with Crippen LogP contribution in [0.25, 0.3) is 0 Å². The zero-order chi connectivity index (χ0) is 18.7. The molecular weight excluding hydrogens is 302 g/mol. The molecule has 0 heterocycles. The molecule has 0 aromatic rings. The van der Waals surface area contributed by atoms with Crippen molar-refractivity contribution in [2.45, 2.75) is 111 Å². The van der Waals surface area contributed by atoms with Crippen LogP contribution in [0.2, 0.25) is 0 Å². The molecule has 0 saturated heterocycles. The highest BCUT2D eigenvalue weighted by atomic mass is 14.6. The van der Waals surface area contributed by atoms with Crippen molar-refractivity contribution in [1.82, 2.24) is 0 Å². The summed E-state index contributed by atoms with van der Waals surface area (Å²) in [6, 6.07) is 0.396. The first-order valence-corrected chi connectivity index (χ1v) is 11.4. The van der Waals surface area contributed by atoms with Crippen molar-refractivity contribution in [3.05, 3.63) is 12.2 Å². The van der Waals surface area contributed by atoms with Gasteiger partial charge in [0.2, 0.25) is 0 Å². The summed E-state index contributed by atoms with van der Waals surface area (Å²) in [5, 5.41) is 0. The minimum absolute atomic E-state index is 0.396. The zero-order valence-corrected chi connectivity index (χ0v) is 18.0. The van der Waals surface area contributed by atoms with Gasteiger partial charge in [0, 0.05) is 6.04 Å². The summed E-state index contributed by atoms with van der Waals surface area (Å²) in [7, 11) is 0. The molecule has 1 heteroatoms. The lowest BCUT2D eigenvalue weighted by Gasteiger charge is -2.36. The van der Waals surface area contributed by atoms with E-state index in [0.29, 0.717) is 6.04 Å². The Labute approximate surface area is 159 Å². The molecule has 2 N–H and O–H groups in total. The predicted molar refractivity (Wildman–Crippen MR) is 114 cm³/mol. The van der Waals surface area contributed by atoms with Gasteiger partial charge < -0.3 is 5.73 Å². The highest BCUT2D eigenvalue weighted by molar-refractivity contribution is 4.97. The van der Waals surface area contributed by atoms with Gasteiger partial charge >= 0.3 is 0 Å². The normalized spacial score (nSPS) is 23.8. The maximum atomic E-state index is 6.55. The molecule has 1 aliphatic rings. The van der Waals surface area contributed by atoms with E-state index in [1.54, 1.807) is 0 Å². The average Bonchev–Trinajstić information content (AvgIpc) is 2.61. The topological polar surface area (TPSA) is 26.0 Å². The summed E-state index contributed by atoms with van der Waals surface area (Å²) in [5.74, 6) is 4.05. The fourth-order valence-electron chi connectivity index (χ4n) is 5.01. The average molecular weight is 350 g/mol. The predicted octanol–water partition coefficient (Wildman–Crippen LogP) is 7.36. The van der Waals surface area contributed by atoms with Crippen molar-refractivity contribution in [2.75, 3.05) is 0 Å². The molecular formula is C24H47N. The molecule has 0 radical (unpaired) electrons. The first-order valence-electron chi connectivity index (χ1n) is 11.4. The van der Waals surface area contributed by atoms with Crippen LogP contribution in [0.3, 0.4) is 0 Å². The van der Waals surface area contributed by atoms with E-state index in [-0.39, 0.29) is 0 Å². The van der Waals surface area contributed by atoms with Crippen molar-refractivity contribution in [1.29, 1.82) is 0 Å². The summed E-state index contributed by atoms with van der Waals surface area (Å²) in [4.78, 5) is 0. The van der Waals surface area contributed by atoms with Crippen LogP contribution in [0.15, 0.2) is 12.2 Å². The molecule has 0 saturated carbocycles. The highest BCUT2D eigenvalue weighted by Crippen LogP contribution is 2.38. The van der Waals surface area contributed by atoms with Gasteiger partial charge in [-0.2, -0.15) is 0 Å². The van der Waals surface area contributed by atoms with Crippen LogP contribution in [-0.2, 0) is 0 Å². The van der Waals surface area contributed by atoms with E-state index >= 15 is 0 Å². The van der Waals surface area contributed by atoms with E-state index < -0.39 is 0 Å². The van der Waals surface area contributed by atoms with Crippen LogP contribution < -0.4 is 5.73 Å². The molecule has 0 aromatic carbocycles. The summed E-state index contributed by atoms with van der Waals surface area (Å²) in [6.45, 7) is 12.0. The van der Waals surface area contributed by atoms with E-state index in [2.05, 4.69) is 46.8 Å². The van der Waals surface area contributed by atoms with Gasteiger partial charge in [-0.15, -0.1) is 0 Å². The molecule has 1 rings (SSSR count). The van der Waals surface area contributed by atoms with Gasteiger partial charge in [0.1, 0.15) is 0 Å². The Morgan fingerprint density at radius 3 is 2.36 bits per heavy atom. The zero-order valence-electron chi connectivity index (χ0n) is 18.0. The summed E-state index contributed by atoms with van der Waals surface area (Å²) in [6.07, 6.45) is 19.5. The van der Waals surface area contributed by atoms with Gasteiger partial charge in [0.15, 0.2) is 0 Å². The Morgan fingerprint density at radius 2 is 1.76 bits per heavy atom. The van der Waals surface area contributed by atoms with Gasteiger partial charge in [0.05, 0.1) is 0 Å². The van der Waals surface area contributed by atoms with Crippen molar-refractivity contribution < 1.29 is 0 Å². The Hall–Kier alpha value is -0.300. The second-order valence-corrected chi connectivity index (χ2v) is 9.13. The van der Waals surface area contributed by atoms with Crippen LogP contribution >= 0.6 is 0 Å². The van der Waals surface area contributed by atoms with E-state index in [9.17, 15) is 0 Å². The molecule has 0 spiro atoms. The van der Waals surface area contributed by atoms with Crippen LogP contribution in [0, 0.1) is 29.6 Å². The molecule has 0 aliphatic heterocycles. The minimum Gasteiger partial charge on any atom is -0.328 e. The molecule has 0 bridgehead atoms. The third kappa shape index (κ3) is 8.76. The van der Waals surface area contributed by atoms with Crippen LogP contribution in [-0.4, -0.2) is 6.04 Å². The quantitative estimate of drug-likeness (QED) is 0.345. The lowest BCUT2D eigenvalue weighted by atomic mass is 9.70. The number of hydrogen-bond donors (Lipinski definition) is 1. The Morgan fingerprint density at radius 1 is 1.00 bits per heavy atom. The molecule has 0 amide bonds. The third-order valence-corrected chi connectivity index (χ3v) is 6.75. The van der Waals surface area contributed by atoms with Gasteiger partial charge in [-0.25, -0.2) is 0 Å². The largest absolute Gasteiger partial charge is 0.328 e. The summed E-state index contributed by atoms with van der Waals surface area (Å²) in [5.41, 5.74) is 6.55. The van der Waals surface area contributed by atoms with Gasteiger partial charge in [-0.3, -0.25) is 0 Å². The number of allylic oxidation sites excluding steroid dienone is 2. The van der Waals surface area contributed by atoms with Crippen LogP contribution in [0.4, 0.5) is 0 Å². The van der Waals surface area contributed by atoms with Gasteiger partial charge in [-0.05, 0) is 74.5 Å². The number of rotatable bonds is 13. The third-order valence-electron chi connectivity index (χ3n) is 6.75. The lowest BCUT2D eigenvalue weighted by molar-refractivity contribution is 0.168. The number of unbranched alkanes of at least 4 members (excludes halogenated alkanes) is 1. The highest BCUT2D eigenvalue weighted by Gasteiger charge is 2.29. The standard InChI is InChI=1S/C24H47N/c1-6-8-15-24(21(5)22-13-10-9-11-14-22)20(4)18-23(25)17-16-19(3)12-7-2/h10,13,19-24H,6-9,11-12,14-18,25H2,1-5H3. The van der Waals surface area contributed by atoms with Gasteiger partial charge in [-0.1, -0.05) is 72.5 Å². The van der Waals surface area contributed by atoms with E-state index in [4.69, 9.17) is 5.73 Å². The van der Waals surface area contributed by atoms with Crippen molar-refractivity contribution in [2.24, 2.45) is 35.3 Å². The molecule has 148 valence electrons. The van der Waals surface area contributed by atoms with E-state index in [1.165, 1.54) is 70.6 Å². The molecule has 0 fully saturated rings. The second-order valence-electron chi connectivity index (χ2n) is 9.13. The van der Waals surface area contributed by atoms with Crippen molar-refractivity contribution in [3.8, 4) is 0 Å². The maximum absolute atomic E-state index is 6.55. The first kappa shape index (κ1) is 22.7. The lowest BCUT2D eigenvalue weighted by Crippen LogP contribution is -2.31. The summed E-state index contributed by atoms with van der Waals surface area (Å²) < 4.78 is 0. The monoisotopic (exact) mass is 349 g/mol. The van der Waals surface area contributed by atoms with Crippen molar-refractivity contribution >= 4 is 0 Å². The molecule has 6 unspecified atom stereocenters. The fraction of sp³-hybridized carbons (Fsp3) is 0.917. The van der Waals surface area contributed by atoms with Crippen LogP contribution in [0.5, 0.6) is 0 Å². The van der Waals surface area contributed by atoms with E-state index in [0.717, 1.165) is 29.6 Å². The van der Waals surface area contributed by atoms with Crippen LogP contribution in [0.1, 0.15) is 105 Å². The number of nitrogens with two attached hydrogens (primary N) is 1.